The highest BCUT2D eigenvalue weighted by molar-refractivity contribution is 8.22. The van der Waals surface area contributed by atoms with Gasteiger partial charge in [-0.25, -0.2) is 0 Å². The van der Waals surface area contributed by atoms with E-state index >= 15 is 0 Å². The van der Waals surface area contributed by atoms with Crippen LogP contribution < -0.4 is 5.43 Å². The minimum atomic E-state index is 0.671. The number of pyridine rings is 1. The third-order valence-electron chi connectivity index (χ3n) is 1.91. The second-order valence-corrected chi connectivity index (χ2v) is 4.61. The van der Waals surface area contributed by atoms with Gasteiger partial charge in [0.1, 0.15) is 0 Å². The largest absolute Gasteiger partial charge is 0.262 e. The van der Waals surface area contributed by atoms with Gasteiger partial charge in [0, 0.05) is 6.20 Å². The van der Waals surface area contributed by atoms with Crippen LogP contribution in [0.4, 0.5) is 0 Å². The predicted molar refractivity (Wildman–Crippen MR) is 74.9 cm³/mol. The molecule has 0 saturated carbocycles. The van der Waals surface area contributed by atoms with Crippen LogP contribution in [-0.2, 0) is 0 Å². The van der Waals surface area contributed by atoms with Gasteiger partial charge < -0.3 is 0 Å². The molecule has 0 aliphatic heterocycles. The Morgan fingerprint density at radius 1 is 1.56 bits per heavy atom. The second kappa shape index (κ2) is 7.35. The molecular formula is C11H15N3S2. The SMILES string of the molecule is CCC/C(=N\NC(=S)SC)c1ccccn1. The third-order valence-corrected chi connectivity index (χ3v) is 2.97. The summed E-state index contributed by atoms with van der Waals surface area (Å²) in [5.41, 5.74) is 4.71. The van der Waals surface area contributed by atoms with Gasteiger partial charge >= 0.3 is 0 Å². The van der Waals surface area contributed by atoms with E-state index in [2.05, 4.69) is 22.4 Å². The lowest BCUT2D eigenvalue weighted by molar-refractivity contribution is 0.953. The van der Waals surface area contributed by atoms with Crippen molar-refractivity contribution in [3.8, 4) is 0 Å². The van der Waals surface area contributed by atoms with Crippen LogP contribution in [0.25, 0.3) is 0 Å². The van der Waals surface area contributed by atoms with Crippen molar-refractivity contribution in [3.05, 3.63) is 30.1 Å². The lowest BCUT2D eigenvalue weighted by Gasteiger charge is -2.05. The molecule has 0 spiro atoms. The molecule has 86 valence electrons. The van der Waals surface area contributed by atoms with Gasteiger partial charge in [0.15, 0.2) is 4.32 Å². The molecule has 0 saturated heterocycles. The Balaban J connectivity index is 2.78. The van der Waals surface area contributed by atoms with Crippen LogP contribution in [0.15, 0.2) is 29.5 Å². The zero-order valence-corrected chi connectivity index (χ0v) is 11.1. The fourth-order valence-electron chi connectivity index (χ4n) is 1.17. The molecule has 16 heavy (non-hydrogen) atoms. The molecule has 0 fully saturated rings. The normalized spacial score (nSPS) is 11.2. The average Bonchev–Trinajstić information content (AvgIpc) is 2.35. The number of thiocarbonyl (C=S) groups is 1. The van der Waals surface area contributed by atoms with Crippen LogP contribution in [0.1, 0.15) is 25.5 Å². The number of nitrogens with zero attached hydrogens (tertiary/aromatic N) is 2. The maximum atomic E-state index is 5.03. The van der Waals surface area contributed by atoms with Crippen molar-refractivity contribution in [2.75, 3.05) is 6.26 Å². The minimum Gasteiger partial charge on any atom is -0.262 e. The number of aromatic nitrogens is 1. The molecule has 0 aliphatic carbocycles. The van der Waals surface area contributed by atoms with Crippen LogP contribution >= 0.6 is 24.0 Å². The summed E-state index contributed by atoms with van der Waals surface area (Å²) in [4.78, 5) is 4.28. The zero-order chi connectivity index (χ0) is 11.8. The van der Waals surface area contributed by atoms with Gasteiger partial charge in [-0.15, -0.1) is 0 Å². The van der Waals surface area contributed by atoms with Gasteiger partial charge in [0.05, 0.1) is 11.4 Å². The molecule has 1 heterocycles. The Kier molecular flexibility index (Phi) is 6.03. The van der Waals surface area contributed by atoms with E-state index in [4.69, 9.17) is 12.2 Å². The molecule has 0 aliphatic rings. The van der Waals surface area contributed by atoms with Crippen LogP contribution in [0, 0.1) is 0 Å². The quantitative estimate of drug-likeness (QED) is 0.508. The standard InChI is InChI=1S/C11H15N3S2/c1-3-6-10(13-14-11(15)16-2)9-7-4-5-8-12-9/h4-5,7-8H,3,6H2,1-2H3,(H,14,15)/b13-10+. The summed E-state index contributed by atoms with van der Waals surface area (Å²) in [6.07, 6.45) is 5.61. The molecule has 1 aromatic heterocycles. The summed E-state index contributed by atoms with van der Waals surface area (Å²) < 4.78 is 0.671. The Labute approximate surface area is 106 Å². The highest BCUT2D eigenvalue weighted by Gasteiger charge is 2.03. The van der Waals surface area contributed by atoms with Gasteiger partial charge in [-0.1, -0.05) is 43.4 Å². The maximum absolute atomic E-state index is 5.03. The Hall–Kier alpha value is -0.940. The molecule has 0 bridgehead atoms. The van der Waals surface area contributed by atoms with Crippen molar-refractivity contribution in [1.82, 2.24) is 10.4 Å². The number of nitrogens with one attached hydrogen (secondary N) is 1. The van der Waals surface area contributed by atoms with E-state index in [1.807, 2.05) is 24.5 Å². The topological polar surface area (TPSA) is 37.3 Å². The summed E-state index contributed by atoms with van der Waals surface area (Å²) in [6, 6.07) is 5.81. The Bertz CT molecular complexity index is 363. The Morgan fingerprint density at radius 3 is 2.94 bits per heavy atom. The summed E-state index contributed by atoms with van der Waals surface area (Å²) in [5.74, 6) is 0. The smallest absolute Gasteiger partial charge is 0.153 e. The van der Waals surface area contributed by atoms with Gasteiger partial charge in [0.25, 0.3) is 0 Å². The average molecular weight is 253 g/mol. The third kappa shape index (κ3) is 4.28. The summed E-state index contributed by atoms with van der Waals surface area (Å²) >= 11 is 6.51. The highest BCUT2D eigenvalue weighted by Crippen LogP contribution is 2.03. The van der Waals surface area contributed by atoms with Crippen molar-refractivity contribution in [2.45, 2.75) is 19.8 Å². The molecular weight excluding hydrogens is 238 g/mol. The lowest BCUT2D eigenvalue weighted by Crippen LogP contribution is -2.15. The molecule has 0 amide bonds. The van der Waals surface area contributed by atoms with E-state index in [-0.39, 0.29) is 0 Å². The lowest BCUT2D eigenvalue weighted by atomic mass is 10.1. The molecule has 0 radical (unpaired) electrons. The van der Waals surface area contributed by atoms with Gasteiger partial charge in [-0.2, -0.15) is 5.10 Å². The first-order valence-electron chi connectivity index (χ1n) is 5.09. The maximum Gasteiger partial charge on any atom is 0.153 e. The number of hydrogen-bond acceptors (Lipinski definition) is 4. The molecule has 1 aromatic rings. The first-order chi connectivity index (χ1) is 7.77. The summed E-state index contributed by atoms with van der Waals surface area (Å²) in [6.45, 7) is 2.12. The highest BCUT2D eigenvalue weighted by atomic mass is 32.2. The zero-order valence-electron chi connectivity index (χ0n) is 9.43. The van der Waals surface area contributed by atoms with E-state index in [0.717, 1.165) is 24.2 Å². The molecule has 1 rings (SSSR count). The minimum absolute atomic E-state index is 0.671. The van der Waals surface area contributed by atoms with Gasteiger partial charge in [-0.05, 0) is 24.8 Å². The molecule has 5 heteroatoms. The molecule has 0 aromatic carbocycles. The number of thioether (sulfide) groups is 1. The van der Waals surface area contributed by atoms with Crippen molar-refractivity contribution in [3.63, 3.8) is 0 Å². The van der Waals surface area contributed by atoms with E-state index in [9.17, 15) is 0 Å². The fourth-order valence-corrected chi connectivity index (χ4v) is 1.35. The van der Waals surface area contributed by atoms with E-state index in [0.29, 0.717) is 4.32 Å². The Morgan fingerprint density at radius 2 is 2.38 bits per heavy atom. The second-order valence-electron chi connectivity index (χ2n) is 3.13. The van der Waals surface area contributed by atoms with Crippen molar-refractivity contribution in [2.24, 2.45) is 5.10 Å². The summed E-state index contributed by atoms with van der Waals surface area (Å²) in [7, 11) is 0. The van der Waals surface area contributed by atoms with Crippen LogP contribution in [-0.4, -0.2) is 21.3 Å². The first-order valence-corrected chi connectivity index (χ1v) is 6.73. The first kappa shape index (κ1) is 13.1. The number of hydrogen-bond donors (Lipinski definition) is 1. The van der Waals surface area contributed by atoms with Crippen molar-refractivity contribution >= 4 is 34.0 Å². The van der Waals surface area contributed by atoms with Gasteiger partial charge in [-0.3, -0.25) is 10.4 Å². The number of hydrazone groups is 1. The van der Waals surface area contributed by atoms with E-state index in [1.54, 1.807) is 6.20 Å². The fraction of sp³-hybridized carbons (Fsp3) is 0.364. The van der Waals surface area contributed by atoms with Crippen LogP contribution in [0.3, 0.4) is 0 Å². The predicted octanol–water partition coefficient (Wildman–Crippen LogP) is 2.82. The van der Waals surface area contributed by atoms with Crippen molar-refractivity contribution < 1.29 is 0 Å². The molecule has 0 atom stereocenters. The van der Waals surface area contributed by atoms with Crippen molar-refractivity contribution in [1.29, 1.82) is 0 Å². The molecule has 1 N–H and O–H groups in total. The van der Waals surface area contributed by atoms with E-state index < -0.39 is 0 Å². The monoisotopic (exact) mass is 253 g/mol. The van der Waals surface area contributed by atoms with Gasteiger partial charge in [0.2, 0.25) is 0 Å². The molecule has 3 nitrogen and oxygen atoms in total. The number of rotatable bonds is 4. The molecule has 0 unspecified atom stereocenters. The summed E-state index contributed by atoms with van der Waals surface area (Å²) in [5, 5.41) is 4.30. The van der Waals surface area contributed by atoms with Crippen LogP contribution in [0.2, 0.25) is 0 Å². The van der Waals surface area contributed by atoms with E-state index in [1.165, 1.54) is 11.8 Å². The van der Waals surface area contributed by atoms with Crippen LogP contribution in [0.5, 0.6) is 0 Å².